The second kappa shape index (κ2) is 10.9. The Kier molecular flexibility index (Phi) is 7.55. The lowest BCUT2D eigenvalue weighted by Crippen LogP contribution is -2.28. The summed E-state index contributed by atoms with van der Waals surface area (Å²) in [4.78, 5) is 18.8. The zero-order valence-electron chi connectivity index (χ0n) is 18.4. The van der Waals surface area contributed by atoms with Crippen molar-refractivity contribution in [2.75, 3.05) is 13.2 Å². The molecule has 33 heavy (non-hydrogen) atoms. The molecule has 170 valence electrons. The van der Waals surface area contributed by atoms with Gasteiger partial charge in [-0.25, -0.2) is 4.98 Å². The number of thiophene rings is 1. The summed E-state index contributed by atoms with van der Waals surface area (Å²) in [5, 5.41) is 11.3. The molecule has 0 bridgehead atoms. The van der Waals surface area contributed by atoms with E-state index in [0.717, 1.165) is 33.2 Å². The first-order valence-corrected chi connectivity index (χ1v) is 11.6. The third-order valence-corrected chi connectivity index (χ3v) is 6.03. The fourth-order valence-electron chi connectivity index (χ4n) is 3.58. The Morgan fingerprint density at radius 3 is 2.42 bits per heavy atom. The molecule has 0 radical (unpaired) electrons. The third-order valence-electron chi connectivity index (χ3n) is 5.17. The van der Waals surface area contributed by atoms with Gasteiger partial charge in [0.25, 0.3) is 0 Å². The van der Waals surface area contributed by atoms with Gasteiger partial charge in [0.05, 0.1) is 23.7 Å². The van der Waals surface area contributed by atoms with Crippen LogP contribution in [0.25, 0.3) is 10.8 Å². The van der Waals surface area contributed by atoms with E-state index in [0.29, 0.717) is 32.0 Å². The fraction of sp³-hybridized carbons (Fsp3) is 0.231. The Morgan fingerprint density at radius 2 is 1.76 bits per heavy atom. The van der Waals surface area contributed by atoms with Crippen LogP contribution in [-0.4, -0.2) is 34.1 Å². The molecular weight excluding hydrogens is 436 g/mol. The largest absolute Gasteiger partial charge is 0.493 e. The van der Waals surface area contributed by atoms with Crippen molar-refractivity contribution in [2.45, 2.75) is 26.4 Å². The zero-order valence-corrected chi connectivity index (χ0v) is 19.3. The molecule has 4 aromatic rings. The highest BCUT2D eigenvalue weighted by atomic mass is 32.1. The Hall–Kier alpha value is -3.42. The first-order chi connectivity index (χ1) is 16.1. The van der Waals surface area contributed by atoms with Gasteiger partial charge in [-0.3, -0.25) is 9.69 Å². The maximum atomic E-state index is 11.3. The number of benzene rings is 2. The second-order valence-corrected chi connectivity index (χ2v) is 8.71. The van der Waals surface area contributed by atoms with E-state index in [9.17, 15) is 9.90 Å². The van der Waals surface area contributed by atoms with E-state index in [1.165, 1.54) is 0 Å². The quantitative estimate of drug-likeness (QED) is 0.321. The van der Waals surface area contributed by atoms with E-state index in [2.05, 4.69) is 4.98 Å². The number of ether oxygens (including phenoxy) is 1. The van der Waals surface area contributed by atoms with E-state index >= 15 is 0 Å². The van der Waals surface area contributed by atoms with Gasteiger partial charge in [0.2, 0.25) is 5.89 Å². The third kappa shape index (κ3) is 6.54. The molecule has 0 spiro atoms. The smallest absolute Gasteiger partial charge is 0.317 e. The Bertz CT molecular complexity index is 1150. The summed E-state index contributed by atoms with van der Waals surface area (Å²) in [7, 11) is 0. The van der Waals surface area contributed by atoms with Gasteiger partial charge in [0.1, 0.15) is 11.5 Å². The average Bonchev–Trinajstić information content (AvgIpc) is 3.45. The molecule has 4 rings (SSSR count). The van der Waals surface area contributed by atoms with Crippen LogP contribution in [-0.2, 0) is 24.3 Å². The van der Waals surface area contributed by atoms with Crippen molar-refractivity contribution < 1.29 is 19.1 Å². The van der Waals surface area contributed by atoms with E-state index in [1.54, 1.807) is 11.3 Å². The number of carbonyl (C=O) groups is 1. The molecule has 2 aromatic carbocycles. The SMILES string of the molecule is Cc1oc(-c2cccs2)nc1CCOc1ccc(CN(CC(=O)O)Cc2ccccc2)cc1. The molecule has 0 atom stereocenters. The number of hydrogen-bond donors (Lipinski definition) is 1. The maximum Gasteiger partial charge on any atom is 0.317 e. The van der Waals surface area contributed by atoms with Gasteiger partial charge in [-0.2, -0.15) is 0 Å². The van der Waals surface area contributed by atoms with Crippen molar-refractivity contribution in [3.63, 3.8) is 0 Å². The highest BCUT2D eigenvalue weighted by molar-refractivity contribution is 7.13. The summed E-state index contributed by atoms with van der Waals surface area (Å²) in [6, 6.07) is 21.7. The summed E-state index contributed by atoms with van der Waals surface area (Å²) < 4.78 is 11.7. The van der Waals surface area contributed by atoms with Crippen LogP contribution >= 0.6 is 11.3 Å². The molecule has 1 N–H and O–H groups in total. The number of nitrogens with zero attached hydrogens (tertiary/aromatic N) is 2. The summed E-state index contributed by atoms with van der Waals surface area (Å²) >= 11 is 1.60. The van der Waals surface area contributed by atoms with Crippen LogP contribution in [0.4, 0.5) is 0 Å². The molecule has 0 saturated carbocycles. The van der Waals surface area contributed by atoms with E-state index in [4.69, 9.17) is 9.15 Å². The number of oxazole rings is 1. The minimum absolute atomic E-state index is 0.0162. The molecule has 2 heterocycles. The molecule has 0 aliphatic rings. The van der Waals surface area contributed by atoms with Gasteiger partial charge in [-0.15, -0.1) is 11.3 Å². The summed E-state index contributed by atoms with van der Waals surface area (Å²) in [6.07, 6.45) is 0.659. The number of aryl methyl sites for hydroxylation is 1. The first kappa shape index (κ1) is 22.8. The average molecular weight is 463 g/mol. The Labute approximate surface area is 197 Å². The Morgan fingerprint density at radius 1 is 1.03 bits per heavy atom. The van der Waals surface area contributed by atoms with Gasteiger partial charge in [0, 0.05) is 19.5 Å². The lowest BCUT2D eigenvalue weighted by atomic mass is 10.1. The topological polar surface area (TPSA) is 75.8 Å². The molecule has 0 unspecified atom stereocenters. The lowest BCUT2D eigenvalue weighted by Gasteiger charge is -2.20. The number of rotatable bonds is 11. The predicted molar refractivity (Wildman–Crippen MR) is 128 cm³/mol. The number of aromatic nitrogens is 1. The zero-order chi connectivity index (χ0) is 23.0. The number of carboxylic acid groups (broad SMARTS) is 1. The second-order valence-electron chi connectivity index (χ2n) is 7.77. The van der Waals surface area contributed by atoms with E-state index in [1.807, 2.05) is 83.9 Å². The van der Waals surface area contributed by atoms with Crippen LogP contribution in [0.1, 0.15) is 22.6 Å². The van der Waals surface area contributed by atoms with Crippen LogP contribution in [0.15, 0.2) is 76.5 Å². The van der Waals surface area contributed by atoms with E-state index < -0.39 is 5.97 Å². The van der Waals surface area contributed by atoms with Crippen molar-refractivity contribution in [3.8, 4) is 16.5 Å². The van der Waals surface area contributed by atoms with Crippen LogP contribution in [0.2, 0.25) is 0 Å². The normalized spacial score (nSPS) is 11.1. The molecule has 2 aromatic heterocycles. The minimum Gasteiger partial charge on any atom is -0.493 e. The fourth-order valence-corrected chi connectivity index (χ4v) is 4.23. The van der Waals surface area contributed by atoms with Crippen molar-refractivity contribution in [1.29, 1.82) is 0 Å². The van der Waals surface area contributed by atoms with Crippen molar-refractivity contribution in [3.05, 3.63) is 94.7 Å². The van der Waals surface area contributed by atoms with Crippen molar-refractivity contribution in [1.82, 2.24) is 9.88 Å². The molecule has 0 amide bonds. The summed E-state index contributed by atoms with van der Waals surface area (Å²) in [5.41, 5.74) is 3.02. The molecule has 0 fully saturated rings. The monoisotopic (exact) mass is 462 g/mol. The molecular formula is C26H26N2O4S. The van der Waals surface area contributed by atoms with E-state index in [-0.39, 0.29) is 6.54 Å². The Balaban J connectivity index is 1.31. The number of hydrogen-bond acceptors (Lipinski definition) is 6. The van der Waals surface area contributed by atoms with Gasteiger partial charge in [0.15, 0.2) is 0 Å². The summed E-state index contributed by atoms with van der Waals surface area (Å²) in [5.74, 6) is 1.40. The van der Waals surface area contributed by atoms with Gasteiger partial charge < -0.3 is 14.3 Å². The highest BCUT2D eigenvalue weighted by Crippen LogP contribution is 2.26. The van der Waals surface area contributed by atoms with Crippen LogP contribution in [0, 0.1) is 6.92 Å². The molecule has 0 aliphatic carbocycles. The lowest BCUT2D eigenvalue weighted by molar-refractivity contribution is -0.138. The van der Waals surface area contributed by atoms with Crippen molar-refractivity contribution >= 4 is 17.3 Å². The maximum absolute atomic E-state index is 11.3. The van der Waals surface area contributed by atoms with Crippen LogP contribution in [0.5, 0.6) is 5.75 Å². The molecule has 0 saturated heterocycles. The first-order valence-electron chi connectivity index (χ1n) is 10.8. The van der Waals surface area contributed by atoms with Crippen LogP contribution < -0.4 is 4.74 Å². The minimum atomic E-state index is -0.837. The van der Waals surface area contributed by atoms with Gasteiger partial charge in [-0.1, -0.05) is 48.5 Å². The highest BCUT2D eigenvalue weighted by Gasteiger charge is 2.13. The van der Waals surface area contributed by atoms with Crippen molar-refractivity contribution in [2.24, 2.45) is 0 Å². The predicted octanol–water partition coefficient (Wildman–Crippen LogP) is 5.42. The van der Waals surface area contributed by atoms with Gasteiger partial charge in [-0.05, 0) is 41.6 Å². The standard InChI is InChI=1S/C26H26N2O4S/c1-19-23(27-26(32-19)24-8-5-15-33-24)13-14-31-22-11-9-21(10-12-22)17-28(18-25(29)30)16-20-6-3-2-4-7-20/h2-12,15H,13-14,16-18H2,1H3,(H,29,30). The molecule has 6 nitrogen and oxygen atoms in total. The van der Waals surface area contributed by atoms with Crippen LogP contribution in [0.3, 0.4) is 0 Å². The number of carboxylic acids is 1. The summed E-state index contributed by atoms with van der Waals surface area (Å²) in [6.45, 7) is 3.53. The molecule has 0 aliphatic heterocycles. The molecule has 7 heteroatoms. The number of aliphatic carboxylic acids is 1. The van der Waals surface area contributed by atoms with Gasteiger partial charge >= 0.3 is 5.97 Å².